The first-order valence-electron chi connectivity index (χ1n) is 25.3. The quantitative estimate of drug-likeness (QED) is 0.170. The first-order chi connectivity index (χ1) is 35.8. The molecule has 5 heteroatoms. The van der Waals surface area contributed by atoms with Crippen LogP contribution in [0.3, 0.4) is 0 Å². The van der Waals surface area contributed by atoms with Crippen LogP contribution >= 0.6 is 0 Å². The molecule has 1 N–H and O–H groups in total. The standard InChI is InChI=1S/C68H51N5/c1-42-21-33-64-56(37-42)57-38-43(2)22-34-65(57)73(64)51-32-36-67-59(40-51)58-39-50(72-62-19-11-9-17-54(62)55-18-10-12-20-63(55)72)31-35-66(58)71(67)49-29-27-47(28-30-49)46-23-25-48(26-24-46)60-41-61(52-15-7-5-13-44(52)3)70-68(69-60)53-16-8-6-14-45(53)4/h5-41,61H,1-4H3,(H,69,70). The smallest absolute Gasteiger partial charge is 0.134 e. The summed E-state index contributed by atoms with van der Waals surface area (Å²) in [7, 11) is 0. The number of aryl methyl sites for hydroxylation is 4. The second kappa shape index (κ2) is 16.7. The van der Waals surface area contributed by atoms with Gasteiger partial charge in [0.1, 0.15) is 5.84 Å². The normalized spacial score (nSPS) is 13.9. The third-order valence-corrected chi connectivity index (χ3v) is 15.3. The Bertz CT molecular complexity index is 4330. The molecular weight excluding hydrogens is 887 g/mol. The Morgan fingerprint density at radius 2 is 0.781 bits per heavy atom. The van der Waals surface area contributed by atoms with Gasteiger partial charge in [-0.05, 0) is 152 Å². The highest BCUT2D eigenvalue weighted by Gasteiger charge is 2.23. The van der Waals surface area contributed by atoms with E-state index in [2.05, 4.69) is 271 Å². The summed E-state index contributed by atoms with van der Waals surface area (Å²) < 4.78 is 7.31. The van der Waals surface area contributed by atoms with Crippen molar-refractivity contribution in [3.63, 3.8) is 0 Å². The summed E-state index contributed by atoms with van der Waals surface area (Å²) >= 11 is 0. The van der Waals surface area contributed by atoms with Crippen molar-refractivity contribution in [3.05, 3.63) is 263 Å². The highest BCUT2D eigenvalue weighted by Crippen LogP contribution is 2.41. The van der Waals surface area contributed by atoms with E-state index in [-0.39, 0.29) is 6.04 Å². The minimum absolute atomic E-state index is 0.00878. The van der Waals surface area contributed by atoms with E-state index in [1.54, 1.807) is 0 Å². The summed E-state index contributed by atoms with van der Waals surface area (Å²) in [5, 5.41) is 11.2. The fourth-order valence-electron chi connectivity index (χ4n) is 11.7. The van der Waals surface area contributed by atoms with Crippen LogP contribution in [0, 0.1) is 27.7 Å². The molecule has 0 saturated carbocycles. The topological polar surface area (TPSA) is 39.2 Å². The number of rotatable bonds is 7. The zero-order valence-electron chi connectivity index (χ0n) is 41.2. The Labute approximate surface area is 424 Å². The Hall–Kier alpha value is -9.19. The summed E-state index contributed by atoms with van der Waals surface area (Å²) in [5.41, 5.74) is 22.2. The average molecular weight is 938 g/mol. The van der Waals surface area contributed by atoms with E-state index in [9.17, 15) is 0 Å². The van der Waals surface area contributed by atoms with Crippen LogP contribution in [0.4, 0.5) is 0 Å². The Balaban J connectivity index is 0.886. The summed E-state index contributed by atoms with van der Waals surface area (Å²) in [6, 6.07) is 80.3. The van der Waals surface area contributed by atoms with Gasteiger partial charge in [-0.2, -0.15) is 0 Å². The third kappa shape index (κ3) is 6.95. The lowest BCUT2D eigenvalue weighted by atomic mass is 9.96. The second-order valence-electron chi connectivity index (χ2n) is 19.9. The van der Waals surface area contributed by atoms with Crippen LogP contribution in [-0.4, -0.2) is 19.5 Å². The molecule has 0 aliphatic carbocycles. The van der Waals surface area contributed by atoms with Crippen molar-refractivity contribution in [2.75, 3.05) is 0 Å². The van der Waals surface area contributed by atoms with Gasteiger partial charge in [0.15, 0.2) is 0 Å². The Kier molecular flexibility index (Phi) is 9.77. The number of hydrogen-bond acceptors (Lipinski definition) is 2. The van der Waals surface area contributed by atoms with Gasteiger partial charge < -0.3 is 19.0 Å². The molecule has 0 amide bonds. The number of nitrogens with zero attached hydrogens (tertiary/aromatic N) is 4. The summed E-state index contributed by atoms with van der Waals surface area (Å²) in [6.07, 6.45) is 2.26. The van der Waals surface area contributed by atoms with Crippen molar-refractivity contribution >= 4 is 77.0 Å². The molecule has 1 aliphatic heterocycles. The number of benzene rings is 10. The van der Waals surface area contributed by atoms with Crippen molar-refractivity contribution in [2.45, 2.75) is 33.7 Å². The van der Waals surface area contributed by atoms with Gasteiger partial charge in [0.05, 0.1) is 44.8 Å². The molecule has 13 aromatic rings. The fraction of sp³-hybridized carbons (Fsp3) is 0.0735. The number of nitrogens with one attached hydrogen (secondary N) is 1. The number of aliphatic imine (C=N–C) groups is 1. The van der Waals surface area contributed by atoms with E-state index in [1.165, 1.54) is 82.2 Å². The molecule has 1 unspecified atom stereocenters. The van der Waals surface area contributed by atoms with Crippen LogP contribution in [0.25, 0.3) is 99.3 Å². The van der Waals surface area contributed by atoms with Crippen LogP contribution in [0.5, 0.6) is 0 Å². The Morgan fingerprint density at radius 3 is 1.34 bits per heavy atom. The van der Waals surface area contributed by atoms with E-state index < -0.39 is 0 Å². The van der Waals surface area contributed by atoms with Gasteiger partial charge in [-0.25, -0.2) is 4.99 Å². The molecule has 4 heterocycles. The average Bonchev–Trinajstić information content (AvgIpc) is 4.06. The molecule has 348 valence electrons. The fourth-order valence-corrected chi connectivity index (χ4v) is 11.7. The third-order valence-electron chi connectivity index (χ3n) is 15.3. The van der Waals surface area contributed by atoms with Crippen LogP contribution in [-0.2, 0) is 0 Å². The maximum absolute atomic E-state index is 5.24. The molecule has 14 rings (SSSR count). The second-order valence-corrected chi connectivity index (χ2v) is 19.9. The van der Waals surface area contributed by atoms with Crippen molar-refractivity contribution in [3.8, 4) is 28.2 Å². The lowest BCUT2D eigenvalue weighted by Crippen LogP contribution is -2.32. The molecule has 5 nitrogen and oxygen atoms in total. The predicted molar refractivity (Wildman–Crippen MR) is 307 cm³/mol. The maximum atomic E-state index is 5.24. The molecule has 0 bridgehead atoms. The maximum Gasteiger partial charge on any atom is 0.134 e. The summed E-state index contributed by atoms with van der Waals surface area (Å²) in [6.45, 7) is 8.70. The van der Waals surface area contributed by atoms with Crippen LogP contribution in [0.2, 0.25) is 0 Å². The van der Waals surface area contributed by atoms with E-state index in [1.807, 2.05) is 0 Å². The number of para-hydroxylation sites is 2. The van der Waals surface area contributed by atoms with Crippen LogP contribution in [0.1, 0.15) is 45.0 Å². The first kappa shape index (κ1) is 42.7. The molecule has 10 aromatic carbocycles. The molecular formula is C68H51N5. The minimum Gasteiger partial charge on any atom is -0.359 e. The number of amidine groups is 1. The van der Waals surface area contributed by atoms with Gasteiger partial charge in [-0.3, -0.25) is 0 Å². The van der Waals surface area contributed by atoms with Crippen molar-refractivity contribution in [2.24, 2.45) is 4.99 Å². The molecule has 3 aromatic heterocycles. The largest absolute Gasteiger partial charge is 0.359 e. The van der Waals surface area contributed by atoms with Gasteiger partial charge >= 0.3 is 0 Å². The molecule has 0 spiro atoms. The van der Waals surface area contributed by atoms with Gasteiger partial charge in [0.25, 0.3) is 0 Å². The molecule has 0 radical (unpaired) electrons. The molecule has 73 heavy (non-hydrogen) atoms. The highest BCUT2D eigenvalue weighted by atomic mass is 15.1. The van der Waals surface area contributed by atoms with Crippen LogP contribution in [0.15, 0.2) is 229 Å². The van der Waals surface area contributed by atoms with Crippen LogP contribution < -0.4 is 5.32 Å². The summed E-state index contributed by atoms with van der Waals surface area (Å²) in [5.74, 6) is 0.893. The van der Waals surface area contributed by atoms with Crippen molar-refractivity contribution < 1.29 is 0 Å². The van der Waals surface area contributed by atoms with E-state index in [0.717, 1.165) is 61.9 Å². The Morgan fingerprint density at radius 1 is 0.356 bits per heavy atom. The lowest BCUT2D eigenvalue weighted by molar-refractivity contribution is 0.774. The predicted octanol–water partition coefficient (Wildman–Crippen LogP) is 17.0. The SMILES string of the molecule is Cc1ccc2c(c1)c1cc(C)ccc1n2-c1ccc2c(c1)c1cc(-n3c4ccccc4c4ccccc43)ccc1n2-c1ccc(-c2ccc(C3=CC(c4ccccc4C)NC(c4ccccc4C)=N3)cc2)cc1. The lowest BCUT2D eigenvalue weighted by Gasteiger charge is -2.26. The van der Waals surface area contributed by atoms with Gasteiger partial charge in [-0.1, -0.05) is 145 Å². The van der Waals surface area contributed by atoms with Crippen molar-refractivity contribution in [1.82, 2.24) is 19.0 Å². The van der Waals surface area contributed by atoms with E-state index >= 15 is 0 Å². The van der Waals surface area contributed by atoms with Gasteiger partial charge in [0.2, 0.25) is 0 Å². The van der Waals surface area contributed by atoms with Crippen molar-refractivity contribution in [1.29, 1.82) is 0 Å². The minimum atomic E-state index is -0.00878. The zero-order chi connectivity index (χ0) is 48.9. The number of fused-ring (bicyclic) bond motifs is 9. The number of aromatic nitrogens is 3. The molecule has 1 aliphatic rings. The summed E-state index contributed by atoms with van der Waals surface area (Å²) in [4.78, 5) is 5.24. The molecule has 0 fully saturated rings. The van der Waals surface area contributed by atoms with Gasteiger partial charge in [-0.15, -0.1) is 0 Å². The monoisotopic (exact) mass is 937 g/mol. The van der Waals surface area contributed by atoms with E-state index in [0.29, 0.717) is 0 Å². The number of hydrogen-bond donors (Lipinski definition) is 1. The zero-order valence-corrected chi connectivity index (χ0v) is 41.2. The highest BCUT2D eigenvalue weighted by molar-refractivity contribution is 6.14. The molecule has 1 atom stereocenters. The van der Waals surface area contributed by atoms with E-state index in [4.69, 9.17) is 4.99 Å². The van der Waals surface area contributed by atoms with Gasteiger partial charge in [0, 0.05) is 54.9 Å². The molecule has 0 saturated heterocycles. The first-order valence-corrected chi connectivity index (χ1v) is 25.3.